The molecule has 2 amide bonds. The van der Waals surface area contributed by atoms with Crippen LogP contribution in [0.4, 0.5) is 4.79 Å². The van der Waals surface area contributed by atoms with E-state index in [2.05, 4.69) is 20.8 Å². The van der Waals surface area contributed by atoms with Crippen LogP contribution in [0.25, 0.3) is 11.5 Å². The summed E-state index contributed by atoms with van der Waals surface area (Å²) in [6.07, 6.45) is 2.15. The Morgan fingerprint density at radius 2 is 2.04 bits per heavy atom. The van der Waals surface area contributed by atoms with Crippen molar-refractivity contribution in [3.05, 3.63) is 35.7 Å². The minimum atomic E-state index is -0.259. The van der Waals surface area contributed by atoms with Crippen LogP contribution < -0.4 is 10.6 Å². The molecule has 0 saturated carbocycles. The van der Waals surface area contributed by atoms with Crippen LogP contribution >= 0.6 is 0 Å². The molecule has 7 heteroatoms. The average molecular weight is 332 g/mol. The van der Waals surface area contributed by atoms with Crippen LogP contribution in [0.2, 0.25) is 0 Å². The first-order chi connectivity index (χ1) is 11.7. The second-order valence-corrected chi connectivity index (χ2v) is 5.50. The maximum Gasteiger partial charge on any atom is 0.315 e. The molecule has 0 aliphatic heterocycles. The van der Waals surface area contributed by atoms with Crippen LogP contribution in [-0.4, -0.2) is 40.5 Å². The fourth-order valence-corrected chi connectivity index (χ4v) is 2.16. The van der Waals surface area contributed by atoms with E-state index >= 15 is 0 Å². The van der Waals surface area contributed by atoms with Crippen molar-refractivity contribution in [2.75, 3.05) is 13.2 Å². The zero-order valence-corrected chi connectivity index (χ0v) is 14.1. The summed E-state index contributed by atoms with van der Waals surface area (Å²) in [5, 5.41) is 18.4. The number of urea groups is 1. The Hall–Kier alpha value is -2.41. The molecule has 0 bridgehead atoms. The minimum absolute atomic E-state index is 0.0548. The van der Waals surface area contributed by atoms with Gasteiger partial charge in [0.05, 0.1) is 12.6 Å². The Morgan fingerprint density at radius 1 is 1.29 bits per heavy atom. The van der Waals surface area contributed by atoms with E-state index in [0.29, 0.717) is 31.1 Å². The van der Waals surface area contributed by atoms with Crippen molar-refractivity contribution in [2.24, 2.45) is 0 Å². The van der Waals surface area contributed by atoms with E-state index in [1.54, 1.807) is 0 Å². The SMILES string of the molecule is CCc1noc(-c2ccc(CCNC(=O)NC(CC)CO)cc2)n1. The molecule has 0 aliphatic carbocycles. The third-order valence-corrected chi connectivity index (χ3v) is 3.73. The summed E-state index contributed by atoms with van der Waals surface area (Å²) in [4.78, 5) is 16.0. The smallest absolute Gasteiger partial charge is 0.315 e. The van der Waals surface area contributed by atoms with Crippen molar-refractivity contribution >= 4 is 6.03 Å². The number of aryl methyl sites for hydroxylation is 1. The Balaban J connectivity index is 1.80. The molecule has 1 heterocycles. The summed E-state index contributed by atoms with van der Waals surface area (Å²) >= 11 is 0. The van der Waals surface area contributed by atoms with Gasteiger partial charge in [-0.25, -0.2) is 4.79 Å². The lowest BCUT2D eigenvalue weighted by Crippen LogP contribution is -2.44. The van der Waals surface area contributed by atoms with E-state index in [1.807, 2.05) is 38.1 Å². The molecule has 2 rings (SSSR count). The second-order valence-electron chi connectivity index (χ2n) is 5.50. The van der Waals surface area contributed by atoms with Crippen LogP contribution in [0.5, 0.6) is 0 Å². The fourth-order valence-electron chi connectivity index (χ4n) is 2.16. The Kier molecular flexibility index (Phi) is 6.74. The molecule has 1 atom stereocenters. The molecule has 0 aliphatic rings. The molecule has 130 valence electrons. The van der Waals surface area contributed by atoms with Crippen molar-refractivity contribution in [3.63, 3.8) is 0 Å². The lowest BCUT2D eigenvalue weighted by Gasteiger charge is -2.14. The summed E-state index contributed by atoms with van der Waals surface area (Å²) in [5.74, 6) is 1.21. The number of benzene rings is 1. The lowest BCUT2D eigenvalue weighted by molar-refractivity contribution is 0.214. The van der Waals surface area contributed by atoms with Gasteiger partial charge in [-0.2, -0.15) is 4.98 Å². The van der Waals surface area contributed by atoms with Gasteiger partial charge in [0, 0.05) is 18.5 Å². The maximum atomic E-state index is 11.7. The van der Waals surface area contributed by atoms with Crippen LogP contribution in [0.1, 0.15) is 31.7 Å². The number of amides is 2. The van der Waals surface area contributed by atoms with E-state index in [4.69, 9.17) is 9.63 Å². The monoisotopic (exact) mass is 332 g/mol. The van der Waals surface area contributed by atoms with E-state index < -0.39 is 0 Å². The molecule has 3 N–H and O–H groups in total. The van der Waals surface area contributed by atoms with Gasteiger partial charge in [0.25, 0.3) is 5.89 Å². The van der Waals surface area contributed by atoms with Crippen molar-refractivity contribution in [1.29, 1.82) is 0 Å². The summed E-state index contributed by atoms with van der Waals surface area (Å²) in [6.45, 7) is 4.36. The van der Waals surface area contributed by atoms with Crippen molar-refractivity contribution in [3.8, 4) is 11.5 Å². The molecular weight excluding hydrogens is 308 g/mol. The Morgan fingerprint density at radius 3 is 2.62 bits per heavy atom. The number of hydrogen-bond donors (Lipinski definition) is 3. The average Bonchev–Trinajstić information content (AvgIpc) is 3.09. The molecule has 24 heavy (non-hydrogen) atoms. The molecule has 0 radical (unpaired) electrons. The zero-order chi connectivity index (χ0) is 17.4. The molecule has 0 saturated heterocycles. The number of rotatable bonds is 8. The van der Waals surface area contributed by atoms with Gasteiger partial charge in [-0.15, -0.1) is 0 Å². The minimum Gasteiger partial charge on any atom is -0.394 e. The third-order valence-electron chi connectivity index (χ3n) is 3.73. The van der Waals surface area contributed by atoms with Crippen LogP contribution in [0, 0.1) is 0 Å². The molecule has 0 fully saturated rings. The van der Waals surface area contributed by atoms with Gasteiger partial charge in [0.15, 0.2) is 5.82 Å². The summed E-state index contributed by atoms with van der Waals surface area (Å²) < 4.78 is 5.21. The van der Waals surface area contributed by atoms with Gasteiger partial charge in [-0.3, -0.25) is 0 Å². The van der Waals surface area contributed by atoms with Gasteiger partial charge >= 0.3 is 6.03 Å². The first-order valence-electron chi connectivity index (χ1n) is 8.23. The van der Waals surface area contributed by atoms with E-state index in [-0.39, 0.29) is 18.7 Å². The normalized spacial score (nSPS) is 12.0. The largest absolute Gasteiger partial charge is 0.394 e. The van der Waals surface area contributed by atoms with Crippen LogP contribution in [-0.2, 0) is 12.8 Å². The van der Waals surface area contributed by atoms with Crippen LogP contribution in [0.15, 0.2) is 28.8 Å². The topological polar surface area (TPSA) is 100 Å². The predicted octanol–water partition coefficient (Wildman–Crippen LogP) is 1.91. The van der Waals surface area contributed by atoms with Crippen molar-refractivity contribution < 1.29 is 14.4 Å². The number of hydrogen-bond acceptors (Lipinski definition) is 5. The standard InChI is InChI=1S/C17H24N4O3/c1-3-14(11-22)19-17(23)18-10-9-12-5-7-13(8-6-12)16-20-15(4-2)21-24-16/h5-8,14,22H,3-4,9-11H2,1-2H3,(H2,18,19,23). The molecule has 7 nitrogen and oxygen atoms in total. The van der Waals surface area contributed by atoms with E-state index in [9.17, 15) is 4.79 Å². The van der Waals surface area contributed by atoms with Gasteiger partial charge in [0.1, 0.15) is 0 Å². The highest BCUT2D eigenvalue weighted by Crippen LogP contribution is 2.18. The number of aliphatic hydroxyl groups is 1. The third kappa shape index (κ3) is 5.06. The molecule has 1 aromatic carbocycles. The highest BCUT2D eigenvalue weighted by molar-refractivity contribution is 5.74. The number of aromatic nitrogens is 2. The van der Waals surface area contributed by atoms with Crippen molar-refractivity contribution in [2.45, 2.75) is 39.2 Å². The Bertz CT molecular complexity index is 636. The molecule has 0 spiro atoms. The number of carbonyl (C=O) groups excluding carboxylic acids is 1. The maximum absolute atomic E-state index is 11.7. The number of carbonyl (C=O) groups is 1. The number of aliphatic hydroxyl groups excluding tert-OH is 1. The van der Waals surface area contributed by atoms with Gasteiger partial charge in [-0.05, 0) is 30.5 Å². The van der Waals surface area contributed by atoms with E-state index in [1.165, 1.54) is 0 Å². The summed E-state index contributed by atoms with van der Waals surface area (Å²) in [5.41, 5.74) is 1.98. The molecular formula is C17H24N4O3. The number of nitrogens with one attached hydrogen (secondary N) is 2. The first-order valence-corrected chi connectivity index (χ1v) is 8.23. The fraction of sp³-hybridized carbons (Fsp3) is 0.471. The highest BCUT2D eigenvalue weighted by atomic mass is 16.5. The molecule has 1 aromatic heterocycles. The predicted molar refractivity (Wildman–Crippen MR) is 90.5 cm³/mol. The quantitative estimate of drug-likeness (QED) is 0.685. The zero-order valence-electron chi connectivity index (χ0n) is 14.1. The van der Waals surface area contributed by atoms with Gasteiger partial charge in [0.2, 0.25) is 0 Å². The molecule has 2 aromatic rings. The van der Waals surface area contributed by atoms with Crippen molar-refractivity contribution in [1.82, 2.24) is 20.8 Å². The highest BCUT2D eigenvalue weighted by Gasteiger charge is 2.09. The van der Waals surface area contributed by atoms with Gasteiger partial charge < -0.3 is 20.3 Å². The lowest BCUT2D eigenvalue weighted by atomic mass is 10.1. The van der Waals surface area contributed by atoms with Gasteiger partial charge in [-0.1, -0.05) is 31.1 Å². The first kappa shape index (κ1) is 17.9. The van der Waals surface area contributed by atoms with Crippen LogP contribution in [0.3, 0.4) is 0 Å². The number of nitrogens with zero attached hydrogens (tertiary/aromatic N) is 2. The van der Waals surface area contributed by atoms with E-state index in [0.717, 1.165) is 17.5 Å². The second kappa shape index (κ2) is 9.02. The Labute approximate surface area is 141 Å². The summed E-state index contributed by atoms with van der Waals surface area (Å²) in [6, 6.07) is 7.36. The molecule has 1 unspecified atom stereocenters. The summed E-state index contributed by atoms with van der Waals surface area (Å²) in [7, 11) is 0.